The fourth-order valence-corrected chi connectivity index (χ4v) is 3.01. The summed E-state index contributed by atoms with van der Waals surface area (Å²) in [6.45, 7) is 0.558. The lowest BCUT2D eigenvalue weighted by molar-refractivity contribution is -0.122. The Morgan fingerprint density at radius 1 is 1.75 bits per heavy atom. The molecular weight excluding hydrogens is 308 g/mol. The van der Waals surface area contributed by atoms with E-state index in [0.717, 1.165) is 21.5 Å². The van der Waals surface area contributed by atoms with Crippen LogP contribution in [0.2, 0.25) is 0 Å². The third-order valence-electron chi connectivity index (χ3n) is 2.03. The van der Waals surface area contributed by atoms with E-state index in [9.17, 15) is 4.79 Å². The van der Waals surface area contributed by atoms with Gasteiger partial charge < -0.3 is 11.1 Å². The normalized spacial score (nSPS) is 12.4. The van der Waals surface area contributed by atoms with Crippen molar-refractivity contribution in [2.24, 2.45) is 5.73 Å². The molecule has 6 heteroatoms. The molecule has 1 amide bonds. The molecule has 1 rings (SSSR count). The van der Waals surface area contributed by atoms with Crippen LogP contribution in [0.3, 0.4) is 0 Å². The van der Waals surface area contributed by atoms with Gasteiger partial charge in [0.2, 0.25) is 5.91 Å². The van der Waals surface area contributed by atoms with E-state index in [0.29, 0.717) is 6.54 Å². The number of thiophene rings is 1. The molecule has 3 nitrogen and oxygen atoms in total. The van der Waals surface area contributed by atoms with E-state index in [1.807, 2.05) is 17.7 Å². The maximum absolute atomic E-state index is 11.6. The van der Waals surface area contributed by atoms with Crippen LogP contribution in [0.4, 0.5) is 0 Å². The molecule has 0 aromatic carbocycles. The van der Waals surface area contributed by atoms with Crippen LogP contribution < -0.4 is 11.1 Å². The van der Waals surface area contributed by atoms with Crippen LogP contribution in [0, 0.1) is 0 Å². The van der Waals surface area contributed by atoms with Crippen molar-refractivity contribution < 1.29 is 4.79 Å². The van der Waals surface area contributed by atoms with Gasteiger partial charge in [-0.2, -0.15) is 11.8 Å². The third-order valence-corrected chi connectivity index (χ3v) is 4.37. The zero-order chi connectivity index (χ0) is 12.0. The van der Waals surface area contributed by atoms with E-state index in [-0.39, 0.29) is 5.91 Å². The highest BCUT2D eigenvalue weighted by Crippen LogP contribution is 2.19. The SMILES string of the molecule is CSCC[C@H](N)C(=O)NCc1cc(Br)cs1. The second-order valence-corrected chi connectivity index (χ2v) is 6.23. The Bertz CT molecular complexity index is 343. The topological polar surface area (TPSA) is 55.1 Å². The second kappa shape index (κ2) is 7.32. The second-order valence-electron chi connectivity index (χ2n) is 3.34. The monoisotopic (exact) mass is 322 g/mol. The number of rotatable bonds is 6. The summed E-state index contributed by atoms with van der Waals surface area (Å²) in [5.74, 6) is 0.845. The van der Waals surface area contributed by atoms with Gasteiger partial charge in [0.1, 0.15) is 0 Å². The molecule has 1 aromatic rings. The summed E-state index contributed by atoms with van der Waals surface area (Å²) in [5, 5.41) is 4.83. The van der Waals surface area contributed by atoms with E-state index in [4.69, 9.17) is 5.73 Å². The molecule has 0 aliphatic carbocycles. The van der Waals surface area contributed by atoms with Crippen LogP contribution >= 0.6 is 39.0 Å². The summed E-state index contributed by atoms with van der Waals surface area (Å²) in [4.78, 5) is 12.7. The average molecular weight is 323 g/mol. The molecule has 1 heterocycles. The molecule has 0 saturated heterocycles. The van der Waals surface area contributed by atoms with E-state index in [1.165, 1.54) is 0 Å². The molecule has 0 bridgehead atoms. The number of nitrogens with two attached hydrogens (primary N) is 1. The number of hydrogen-bond donors (Lipinski definition) is 2. The van der Waals surface area contributed by atoms with Crippen molar-refractivity contribution in [2.45, 2.75) is 19.0 Å². The first-order valence-electron chi connectivity index (χ1n) is 4.88. The van der Waals surface area contributed by atoms with Gasteiger partial charge in [-0.15, -0.1) is 11.3 Å². The van der Waals surface area contributed by atoms with E-state index < -0.39 is 6.04 Å². The molecule has 0 radical (unpaired) electrons. The van der Waals surface area contributed by atoms with Crippen LogP contribution in [0.5, 0.6) is 0 Å². The molecule has 1 aromatic heterocycles. The Morgan fingerprint density at radius 3 is 3.06 bits per heavy atom. The van der Waals surface area contributed by atoms with Gasteiger partial charge in [-0.3, -0.25) is 4.79 Å². The predicted octanol–water partition coefficient (Wildman–Crippen LogP) is 2.21. The summed E-state index contributed by atoms with van der Waals surface area (Å²) in [6.07, 6.45) is 2.73. The molecule has 90 valence electrons. The highest BCUT2D eigenvalue weighted by molar-refractivity contribution is 9.10. The van der Waals surface area contributed by atoms with Gasteiger partial charge >= 0.3 is 0 Å². The van der Waals surface area contributed by atoms with Crippen molar-refractivity contribution in [1.82, 2.24) is 5.32 Å². The first-order chi connectivity index (χ1) is 7.63. The highest BCUT2D eigenvalue weighted by Gasteiger charge is 2.12. The van der Waals surface area contributed by atoms with Gasteiger partial charge in [0.05, 0.1) is 12.6 Å². The lowest BCUT2D eigenvalue weighted by Gasteiger charge is -2.10. The van der Waals surface area contributed by atoms with Gasteiger partial charge in [0.15, 0.2) is 0 Å². The maximum atomic E-state index is 11.6. The van der Waals surface area contributed by atoms with Gasteiger partial charge in [0, 0.05) is 14.7 Å². The minimum Gasteiger partial charge on any atom is -0.350 e. The van der Waals surface area contributed by atoms with Crippen molar-refractivity contribution in [1.29, 1.82) is 0 Å². The number of amides is 1. The first-order valence-corrected chi connectivity index (χ1v) is 7.95. The summed E-state index contributed by atoms with van der Waals surface area (Å²) in [7, 11) is 0. The van der Waals surface area contributed by atoms with Crippen molar-refractivity contribution in [2.75, 3.05) is 12.0 Å². The molecule has 0 aliphatic heterocycles. The molecule has 0 aliphatic rings. The molecule has 16 heavy (non-hydrogen) atoms. The minimum atomic E-state index is -0.393. The van der Waals surface area contributed by atoms with E-state index >= 15 is 0 Å². The molecule has 0 fully saturated rings. The van der Waals surface area contributed by atoms with Crippen molar-refractivity contribution in [3.05, 3.63) is 20.8 Å². The molecule has 0 unspecified atom stereocenters. The van der Waals surface area contributed by atoms with E-state index in [2.05, 4.69) is 21.2 Å². The summed E-state index contributed by atoms with van der Waals surface area (Å²) in [6, 6.07) is 1.61. The van der Waals surface area contributed by atoms with Crippen LogP contribution in [0.1, 0.15) is 11.3 Å². The number of hydrogen-bond acceptors (Lipinski definition) is 4. The van der Waals surface area contributed by atoms with Crippen LogP contribution in [0.25, 0.3) is 0 Å². The van der Waals surface area contributed by atoms with Crippen molar-refractivity contribution >= 4 is 44.9 Å². The van der Waals surface area contributed by atoms with Crippen LogP contribution in [0.15, 0.2) is 15.9 Å². The number of halogens is 1. The maximum Gasteiger partial charge on any atom is 0.237 e. The molecular formula is C10H15BrN2OS2. The fourth-order valence-electron chi connectivity index (χ4n) is 1.13. The van der Waals surface area contributed by atoms with Crippen molar-refractivity contribution in [3.8, 4) is 0 Å². The third kappa shape index (κ3) is 4.86. The zero-order valence-corrected chi connectivity index (χ0v) is 12.3. The minimum absolute atomic E-state index is 0.0708. The fraction of sp³-hybridized carbons (Fsp3) is 0.500. The summed E-state index contributed by atoms with van der Waals surface area (Å²) < 4.78 is 1.05. The lowest BCUT2D eigenvalue weighted by atomic mass is 10.2. The first kappa shape index (κ1) is 14.0. The quantitative estimate of drug-likeness (QED) is 0.844. The standard InChI is InChI=1S/C10H15BrN2OS2/c1-15-3-2-9(12)10(14)13-5-8-4-7(11)6-16-8/h4,6,9H,2-3,5,12H2,1H3,(H,13,14)/t9-/m0/s1. The van der Waals surface area contributed by atoms with Gasteiger partial charge in [0.25, 0.3) is 0 Å². The summed E-state index contributed by atoms with van der Waals surface area (Å²) in [5.41, 5.74) is 5.74. The Labute approximate surface area is 112 Å². The average Bonchev–Trinajstić information content (AvgIpc) is 2.68. The lowest BCUT2D eigenvalue weighted by Crippen LogP contribution is -2.40. The Hall–Kier alpha value is -0.0400. The smallest absolute Gasteiger partial charge is 0.237 e. The highest BCUT2D eigenvalue weighted by atomic mass is 79.9. The molecule has 1 atom stereocenters. The molecule has 0 spiro atoms. The van der Waals surface area contributed by atoms with Gasteiger partial charge in [-0.1, -0.05) is 0 Å². The number of carbonyl (C=O) groups excluding carboxylic acids is 1. The number of carbonyl (C=O) groups is 1. The molecule has 3 N–H and O–H groups in total. The van der Waals surface area contributed by atoms with Crippen LogP contribution in [-0.2, 0) is 11.3 Å². The number of thioether (sulfide) groups is 1. The van der Waals surface area contributed by atoms with Crippen LogP contribution in [-0.4, -0.2) is 24.0 Å². The van der Waals surface area contributed by atoms with Gasteiger partial charge in [-0.25, -0.2) is 0 Å². The summed E-state index contributed by atoms with van der Waals surface area (Å²) >= 11 is 6.69. The Kier molecular flexibility index (Phi) is 6.41. The zero-order valence-electron chi connectivity index (χ0n) is 9.03. The van der Waals surface area contributed by atoms with Gasteiger partial charge in [-0.05, 0) is 40.4 Å². The largest absolute Gasteiger partial charge is 0.350 e. The van der Waals surface area contributed by atoms with E-state index in [1.54, 1.807) is 23.1 Å². The predicted molar refractivity (Wildman–Crippen MR) is 74.8 cm³/mol. The van der Waals surface area contributed by atoms with Crippen molar-refractivity contribution in [3.63, 3.8) is 0 Å². The molecule has 0 saturated carbocycles. The number of nitrogens with one attached hydrogen (secondary N) is 1. The Balaban J connectivity index is 2.29. The Morgan fingerprint density at radius 2 is 2.50 bits per heavy atom.